The highest BCUT2D eigenvalue weighted by atomic mass is 32.2. The number of carbonyl (C=O) groups is 1. The van der Waals surface area contributed by atoms with Crippen LogP contribution in [0.4, 0.5) is 0 Å². The molecule has 0 fully saturated rings. The van der Waals surface area contributed by atoms with E-state index in [-0.39, 0.29) is 11.5 Å². The first kappa shape index (κ1) is 22.6. The van der Waals surface area contributed by atoms with Gasteiger partial charge in [-0.15, -0.1) is 0 Å². The minimum Gasteiger partial charge on any atom is -0.461 e. The molecule has 0 bridgehead atoms. The Bertz CT molecular complexity index is 754. The summed E-state index contributed by atoms with van der Waals surface area (Å²) in [5.41, 5.74) is 0.297. The number of ether oxygens (including phenoxy) is 1. The number of hydrogen-bond donors (Lipinski definition) is 0. The lowest BCUT2D eigenvalue weighted by molar-refractivity contribution is 0.0509. The van der Waals surface area contributed by atoms with E-state index in [2.05, 4.69) is 0 Å². The van der Waals surface area contributed by atoms with Crippen LogP contribution in [0.2, 0.25) is 0 Å². The van der Waals surface area contributed by atoms with E-state index in [1.165, 1.54) is 0 Å². The molecule has 0 saturated heterocycles. The Hall–Kier alpha value is -1.41. The first-order valence-electron chi connectivity index (χ1n) is 8.86. The van der Waals surface area contributed by atoms with Gasteiger partial charge in [-0.1, -0.05) is 44.9 Å². The maximum absolute atomic E-state index is 12.5. The summed E-state index contributed by atoms with van der Waals surface area (Å²) in [5.74, 6) is -1.34. The number of benzene rings is 1. The summed E-state index contributed by atoms with van der Waals surface area (Å²) < 4.78 is 54.7. The lowest BCUT2D eigenvalue weighted by Gasteiger charge is -2.18. The zero-order chi connectivity index (χ0) is 19.6. The number of sulfone groups is 2. The van der Waals surface area contributed by atoms with Crippen LogP contribution in [-0.2, 0) is 24.4 Å². The summed E-state index contributed by atoms with van der Waals surface area (Å²) in [4.78, 5) is 12.1. The van der Waals surface area contributed by atoms with Gasteiger partial charge < -0.3 is 4.74 Å². The van der Waals surface area contributed by atoms with Crippen LogP contribution < -0.4 is 0 Å². The fourth-order valence-electron chi connectivity index (χ4n) is 2.32. The Morgan fingerprint density at radius 3 is 2.12 bits per heavy atom. The molecule has 0 heterocycles. The monoisotopic (exact) mass is 404 g/mol. The third kappa shape index (κ3) is 7.86. The Labute approximate surface area is 156 Å². The lowest BCUT2D eigenvalue weighted by Crippen LogP contribution is -2.37. The molecule has 8 heteroatoms. The molecule has 1 aromatic rings. The molecule has 148 valence electrons. The molecule has 0 spiro atoms. The van der Waals surface area contributed by atoms with Gasteiger partial charge in [-0.25, -0.2) is 21.6 Å². The molecule has 1 rings (SSSR count). The van der Waals surface area contributed by atoms with Crippen molar-refractivity contribution in [3.8, 4) is 0 Å². The van der Waals surface area contributed by atoms with Crippen LogP contribution >= 0.6 is 0 Å². The first-order chi connectivity index (χ1) is 12.2. The Kier molecular flexibility index (Phi) is 9.29. The van der Waals surface area contributed by atoms with Crippen molar-refractivity contribution in [3.05, 3.63) is 35.9 Å². The molecule has 0 aliphatic heterocycles. The van der Waals surface area contributed by atoms with Crippen molar-refractivity contribution >= 4 is 25.6 Å². The van der Waals surface area contributed by atoms with Crippen LogP contribution in [0.5, 0.6) is 0 Å². The quantitative estimate of drug-likeness (QED) is 0.497. The summed E-state index contributed by atoms with van der Waals surface area (Å²) in [7, 11) is -7.21. The SMILES string of the molecule is CCCCS(=O)(=O)C[C@H](COC(=O)c1ccccc1)S(=O)(=O)CCCC. The van der Waals surface area contributed by atoms with Crippen molar-refractivity contribution in [2.24, 2.45) is 0 Å². The molecule has 26 heavy (non-hydrogen) atoms. The van der Waals surface area contributed by atoms with Gasteiger partial charge in [0.15, 0.2) is 19.7 Å². The third-order valence-corrected chi connectivity index (χ3v) is 8.16. The van der Waals surface area contributed by atoms with Gasteiger partial charge in [0.2, 0.25) is 0 Å². The highest BCUT2D eigenvalue weighted by Crippen LogP contribution is 2.13. The molecular formula is C18H28O6S2. The molecule has 0 unspecified atom stereocenters. The number of hydrogen-bond acceptors (Lipinski definition) is 6. The van der Waals surface area contributed by atoms with E-state index in [1.807, 2.05) is 13.8 Å². The predicted molar refractivity (Wildman–Crippen MR) is 103 cm³/mol. The number of carbonyl (C=O) groups excluding carboxylic acids is 1. The second-order valence-corrected chi connectivity index (χ2v) is 10.9. The Balaban J connectivity index is 2.88. The average molecular weight is 405 g/mol. The molecule has 6 nitrogen and oxygen atoms in total. The largest absolute Gasteiger partial charge is 0.461 e. The third-order valence-electron chi connectivity index (χ3n) is 3.95. The highest BCUT2D eigenvalue weighted by molar-refractivity contribution is 7.95. The van der Waals surface area contributed by atoms with Crippen molar-refractivity contribution in [2.75, 3.05) is 23.9 Å². The fraction of sp³-hybridized carbons (Fsp3) is 0.611. The second-order valence-electron chi connectivity index (χ2n) is 6.27. The first-order valence-corrected chi connectivity index (χ1v) is 12.4. The number of unbranched alkanes of at least 4 members (excludes halogenated alkanes) is 2. The van der Waals surface area contributed by atoms with E-state index >= 15 is 0 Å². The standard InChI is InChI=1S/C18H28O6S2/c1-3-5-12-25(20,21)15-17(26(22,23)13-6-4-2)14-24-18(19)16-10-8-7-9-11-16/h7-11,17H,3-6,12-15H2,1-2H3/t17-/m0/s1. The molecule has 1 aromatic carbocycles. The van der Waals surface area contributed by atoms with E-state index in [9.17, 15) is 21.6 Å². The van der Waals surface area contributed by atoms with E-state index in [1.54, 1.807) is 30.3 Å². The second kappa shape index (κ2) is 10.7. The molecule has 1 atom stereocenters. The molecule has 0 aliphatic rings. The summed E-state index contributed by atoms with van der Waals surface area (Å²) in [6.07, 6.45) is 2.31. The molecule has 0 aliphatic carbocycles. The Morgan fingerprint density at radius 2 is 1.54 bits per heavy atom. The van der Waals surface area contributed by atoms with Crippen LogP contribution in [0.3, 0.4) is 0 Å². The van der Waals surface area contributed by atoms with Crippen LogP contribution in [0.25, 0.3) is 0 Å². The average Bonchev–Trinajstić information content (AvgIpc) is 2.62. The summed E-state index contributed by atoms with van der Waals surface area (Å²) in [5, 5.41) is -1.23. The normalized spacial score (nSPS) is 13.3. The maximum Gasteiger partial charge on any atom is 0.338 e. The van der Waals surface area contributed by atoms with Crippen molar-refractivity contribution in [3.63, 3.8) is 0 Å². The van der Waals surface area contributed by atoms with E-state index in [0.717, 1.165) is 0 Å². The summed E-state index contributed by atoms with van der Waals surface area (Å²) in [6.45, 7) is 3.27. The molecule has 0 N–H and O–H groups in total. The maximum atomic E-state index is 12.5. The number of esters is 1. The van der Waals surface area contributed by atoms with Gasteiger partial charge in [-0.3, -0.25) is 0 Å². The van der Waals surface area contributed by atoms with E-state index < -0.39 is 43.3 Å². The van der Waals surface area contributed by atoms with Crippen molar-refractivity contribution < 1.29 is 26.4 Å². The van der Waals surface area contributed by atoms with Gasteiger partial charge in [0, 0.05) is 0 Å². The van der Waals surface area contributed by atoms with Crippen LogP contribution in [0.15, 0.2) is 30.3 Å². The zero-order valence-corrected chi connectivity index (χ0v) is 17.0. The van der Waals surface area contributed by atoms with Gasteiger partial charge in [-0.05, 0) is 25.0 Å². The molecular weight excluding hydrogens is 376 g/mol. The van der Waals surface area contributed by atoms with Gasteiger partial charge >= 0.3 is 5.97 Å². The highest BCUT2D eigenvalue weighted by Gasteiger charge is 2.31. The minimum absolute atomic E-state index is 0.0596. The molecule has 0 aromatic heterocycles. The van der Waals surface area contributed by atoms with Crippen LogP contribution in [0, 0.1) is 0 Å². The minimum atomic E-state index is -3.68. The van der Waals surface area contributed by atoms with Crippen LogP contribution in [0.1, 0.15) is 49.9 Å². The molecule has 0 amide bonds. The smallest absolute Gasteiger partial charge is 0.338 e. The fourth-order valence-corrected chi connectivity index (χ4v) is 6.63. The summed E-state index contributed by atoms with van der Waals surface area (Å²) >= 11 is 0. The lowest BCUT2D eigenvalue weighted by atomic mass is 10.2. The van der Waals surface area contributed by atoms with Crippen molar-refractivity contribution in [1.29, 1.82) is 0 Å². The van der Waals surface area contributed by atoms with Crippen molar-refractivity contribution in [1.82, 2.24) is 0 Å². The number of rotatable bonds is 12. The van der Waals surface area contributed by atoms with Gasteiger partial charge in [0.25, 0.3) is 0 Å². The molecule has 0 saturated carbocycles. The zero-order valence-electron chi connectivity index (χ0n) is 15.4. The van der Waals surface area contributed by atoms with E-state index in [4.69, 9.17) is 4.74 Å². The topological polar surface area (TPSA) is 94.6 Å². The molecule has 0 radical (unpaired) electrons. The Morgan fingerprint density at radius 1 is 0.962 bits per heavy atom. The van der Waals surface area contributed by atoms with Crippen molar-refractivity contribution in [2.45, 2.75) is 44.8 Å². The van der Waals surface area contributed by atoms with Gasteiger partial charge in [0.05, 0.1) is 22.8 Å². The van der Waals surface area contributed by atoms with Gasteiger partial charge in [-0.2, -0.15) is 0 Å². The van der Waals surface area contributed by atoms with Crippen LogP contribution in [-0.4, -0.2) is 51.9 Å². The summed E-state index contributed by atoms with van der Waals surface area (Å²) in [6, 6.07) is 8.19. The van der Waals surface area contributed by atoms with E-state index in [0.29, 0.717) is 31.2 Å². The van der Waals surface area contributed by atoms with Gasteiger partial charge in [0.1, 0.15) is 11.9 Å². The predicted octanol–water partition coefficient (Wildman–Crippen LogP) is 2.64.